The molecular weight excluding hydrogens is 184 g/mol. The summed E-state index contributed by atoms with van der Waals surface area (Å²) in [5, 5.41) is 21.3. The van der Waals surface area contributed by atoms with E-state index in [1.54, 1.807) is 7.05 Å². The van der Waals surface area contributed by atoms with E-state index in [1.807, 2.05) is 0 Å². The molecule has 1 aliphatic rings. The summed E-state index contributed by atoms with van der Waals surface area (Å²) in [4.78, 5) is 1.39. The van der Waals surface area contributed by atoms with E-state index in [0.29, 0.717) is 12.2 Å². The second-order valence-electron chi connectivity index (χ2n) is 3.52. The largest absolute Gasteiger partial charge is 0.390 e. The van der Waals surface area contributed by atoms with Gasteiger partial charge in [0.05, 0.1) is 19.3 Å². The Labute approximate surface area is 81.9 Å². The van der Waals surface area contributed by atoms with Gasteiger partial charge in [0.1, 0.15) is 0 Å². The van der Waals surface area contributed by atoms with Gasteiger partial charge in [-0.1, -0.05) is 0 Å². The molecule has 14 heavy (non-hydrogen) atoms. The SMILES string of the molecule is Cn1nnc(CC(O)C2CCCO2)n1. The van der Waals surface area contributed by atoms with Crippen LogP contribution < -0.4 is 0 Å². The van der Waals surface area contributed by atoms with Crippen molar-refractivity contribution in [1.82, 2.24) is 20.2 Å². The lowest BCUT2D eigenvalue weighted by Gasteiger charge is -2.14. The Balaban J connectivity index is 1.90. The van der Waals surface area contributed by atoms with Crippen LogP contribution in [0.1, 0.15) is 18.7 Å². The van der Waals surface area contributed by atoms with Gasteiger partial charge in [-0.25, -0.2) is 0 Å². The number of ether oxygens (including phenoxy) is 1. The number of aromatic nitrogens is 4. The number of aliphatic hydroxyl groups excluding tert-OH is 1. The van der Waals surface area contributed by atoms with Crippen molar-refractivity contribution in [3.05, 3.63) is 5.82 Å². The molecule has 1 N–H and O–H groups in total. The third kappa shape index (κ3) is 2.08. The first-order valence-corrected chi connectivity index (χ1v) is 4.78. The van der Waals surface area contributed by atoms with Crippen LogP contribution in [0.25, 0.3) is 0 Å². The molecule has 1 saturated heterocycles. The third-order valence-corrected chi connectivity index (χ3v) is 2.34. The minimum absolute atomic E-state index is 0.0567. The minimum atomic E-state index is -0.512. The van der Waals surface area contributed by atoms with Crippen LogP contribution in [0.5, 0.6) is 0 Å². The molecule has 6 heteroatoms. The van der Waals surface area contributed by atoms with Crippen molar-refractivity contribution in [3.8, 4) is 0 Å². The Morgan fingerprint density at radius 3 is 3.14 bits per heavy atom. The summed E-state index contributed by atoms with van der Waals surface area (Å²) in [6.07, 6.45) is 1.79. The van der Waals surface area contributed by atoms with Gasteiger partial charge >= 0.3 is 0 Å². The zero-order valence-electron chi connectivity index (χ0n) is 8.13. The molecule has 0 aromatic carbocycles. The second-order valence-corrected chi connectivity index (χ2v) is 3.52. The second kappa shape index (κ2) is 4.02. The van der Waals surface area contributed by atoms with E-state index in [-0.39, 0.29) is 6.10 Å². The van der Waals surface area contributed by atoms with Crippen LogP contribution in [-0.4, -0.2) is 44.1 Å². The van der Waals surface area contributed by atoms with E-state index < -0.39 is 6.10 Å². The van der Waals surface area contributed by atoms with Crippen molar-refractivity contribution in [1.29, 1.82) is 0 Å². The Morgan fingerprint density at radius 1 is 1.71 bits per heavy atom. The van der Waals surface area contributed by atoms with E-state index in [9.17, 15) is 5.11 Å². The standard InChI is InChI=1S/C8H14N4O2/c1-12-10-8(9-11-12)5-6(13)7-3-2-4-14-7/h6-7,13H,2-5H2,1H3. The van der Waals surface area contributed by atoms with Gasteiger partial charge in [0.25, 0.3) is 0 Å². The van der Waals surface area contributed by atoms with Crippen LogP contribution in [0.15, 0.2) is 0 Å². The Kier molecular flexibility index (Phi) is 2.74. The molecule has 0 bridgehead atoms. The molecule has 2 rings (SSSR count). The van der Waals surface area contributed by atoms with E-state index in [1.165, 1.54) is 4.80 Å². The van der Waals surface area contributed by atoms with E-state index in [0.717, 1.165) is 19.4 Å². The van der Waals surface area contributed by atoms with Crippen molar-refractivity contribution in [2.24, 2.45) is 7.05 Å². The average molecular weight is 198 g/mol. The first-order chi connectivity index (χ1) is 6.75. The zero-order chi connectivity index (χ0) is 9.97. The fourth-order valence-electron chi connectivity index (χ4n) is 1.63. The number of nitrogens with zero attached hydrogens (tertiary/aromatic N) is 4. The maximum Gasteiger partial charge on any atom is 0.177 e. The summed E-state index contributed by atoms with van der Waals surface area (Å²) in [5.41, 5.74) is 0. The molecule has 0 amide bonds. The van der Waals surface area contributed by atoms with Gasteiger partial charge in [0, 0.05) is 13.0 Å². The highest BCUT2D eigenvalue weighted by molar-refractivity contribution is 4.85. The molecule has 0 radical (unpaired) electrons. The molecule has 0 aliphatic carbocycles. The predicted molar refractivity (Wildman–Crippen MR) is 47.5 cm³/mol. The molecule has 1 aromatic heterocycles. The van der Waals surface area contributed by atoms with Gasteiger partial charge < -0.3 is 9.84 Å². The Bertz CT molecular complexity index is 295. The van der Waals surface area contributed by atoms with Crippen molar-refractivity contribution in [3.63, 3.8) is 0 Å². The highest BCUT2D eigenvalue weighted by Gasteiger charge is 2.25. The fourth-order valence-corrected chi connectivity index (χ4v) is 1.63. The summed E-state index contributed by atoms with van der Waals surface area (Å²) < 4.78 is 5.36. The lowest BCUT2D eigenvalue weighted by molar-refractivity contribution is -0.00172. The maximum atomic E-state index is 9.77. The van der Waals surface area contributed by atoms with Crippen LogP contribution in [0.3, 0.4) is 0 Å². The smallest absolute Gasteiger partial charge is 0.177 e. The number of aryl methyl sites for hydroxylation is 1. The van der Waals surface area contributed by atoms with Gasteiger partial charge in [-0.15, -0.1) is 10.2 Å². The van der Waals surface area contributed by atoms with E-state index >= 15 is 0 Å². The molecule has 6 nitrogen and oxygen atoms in total. The Hall–Kier alpha value is -1.01. The predicted octanol–water partition coefficient (Wildman–Crippen LogP) is -0.708. The van der Waals surface area contributed by atoms with Crippen LogP contribution in [0.4, 0.5) is 0 Å². The van der Waals surface area contributed by atoms with Crippen molar-refractivity contribution < 1.29 is 9.84 Å². The van der Waals surface area contributed by atoms with Gasteiger partial charge in [-0.05, 0) is 18.1 Å². The van der Waals surface area contributed by atoms with Gasteiger partial charge in [-0.2, -0.15) is 4.80 Å². The first kappa shape index (κ1) is 9.54. The summed E-state index contributed by atoms with van der Waals surface area (Å²) in [7, 11) is 1.70. The molecular formula is C8H14N4O2. The van der Waals surface area contributed by atoms with Crippen LogP contribution in [0.2, 0.25) is 0 Å². The van der Waals surface area contributed by atoms with Gasteiger partial charge in [-0.3, -0.25) is 0 Å². The topological polar surface area (TPSA) is 73.1 Å². The molecule has 2 heterocycles. The first-order valence-electron chi connectivity index (χ1n) is 4.78. The molecule has 1 aliphatic heterocycles. The summed E-state index contributed by atoms with van der Waals surface area (Å²) in [5.74, 6) is 0.565. The normalized spacial score (nSPS) is 24.0. The van der Waals surface area contributed by atoms with Crippen molar-refractivity contribution in [2.75, 3.05) is 6.61 Å². The minimum Gasteiger partial charge on any atom is -0.390 e. The number of hydrogen-bond acceptors (Lipinski definition) is 5. The van der Waals surface area contributed by atoms with Crippen LogP contribution in [0, 0.1) is 0 Å². The van der Waals surface area contributed by atoms with Crippen molar-refractivity contribution >= 4 is 0 Å². The number of tetrazole rings is 1. The third-order valence-electron chi connectivity index (χ3n) is 2.34. The molecule has 0 spiro atoms. The van der Waals surface area contributed by atoms with E-state index in [4.69, 9.17) is 4.74 Å². The zero-order valence-corrected chi connectivity index (χ0v) is 8.13. The lowest BCUT2D eigenvalue weighted by Crippen LogP contribution is -2.27. The summed E-state index contributed by atoms with van der Waals surface area (Å²) in [6, 6.07) is 0. The molecule has 2 unspecified atom stereocenters. The summed E-state index contributed by atoms with van der Waals surface area (Å²) >= 11 is 0. The number of rotatable bonds is 3. The van der Waals surface area contributed by atoms with Gasteiger partial charge in [0.15, 0.2) is 5.82 Å². The highest BCUT2D eigenvalue weighted by Crippen LogP contribution is 2.17. The number of hydrogen-bond donors (Lipinski definition) is 1. The van der Waals surface area contributed by atoms with Crippen LogP contribution >= 0.6 is 0 Å². The quantitative estimate of drug-likeness (QED) is 0.694. The lowest BCUT2D eigenvalue weighted by atomic mass is 10.1. The number of aliphatic hydroxyl groups is 1. The maximum absolute atomic E-state index is 9.77. The highest BCUT2D eigenvalue weighted by atomic mass is 16.5. The van der Waals surface area contributed by atoms with E-state index in [2.05, 4.69) is 15.4 Å². The summed E-state index contributed by atoms with van der Waals surface area (Å²) in [6.45, 7) is 0.746. The molecule has 1 fully saturated rings. The molecule has 2 atom stereocenters. The Morgan fingerprint density at radius 2 is 2.57 bits per heavy atom. The van der Waals surface area contributed by atoms with Gasteiger partial charge in [0.2, 0.25) is 0 Å². The molecule has 78 valence electrons. The van der Waals surface area contributed by atoms with Crippen LogP contribution in [-0.2, 0) is 18.2 Å². The fraction of sp³-hybridized carbons (Fsp3) is 0.875. The average Bonchev–Trinajstić information content (AvgIpc) is 2.75. The monoisotopic (exact) mass is 198 g/mol. The molecule has 1 aromatic rings. The molecule has 0 saturated carbocycles. The van der Waals surface area contributed by atoms with Crippen molar-refractivity contribution in [2.45, 2.75) is 31.5 Å².